The lowest BCUT2D eigenvalue weighted by atomic mass is 9.98. The Bertz CT molecular complexity index is 616. The van der Waals surface area contributed by atoms with Crippen LogP contribution in [0.15, 0.2) is 36.4 Å². The topological polar surface area (TPSA) is 21.3 Å². The Labute approximate surface area is 127 Å². The van der Waals surface area contributed by atoms with Crippen LogP contribution in [0.25, 0.3) is 0 Å². The van der Waals surface area contributed by atoms with Gasteiger partial charge in [-0.3, -0.25) is 0 Å². The molecule has 0 radical (unpaired) electrons. The molecular formula is C16H16ClF2NO. The lowest BCUT2D eigenvalue weighted by Crippen LogP contribution is -2.20. The summed E-state index contributed by atoms with van der Waals surface area (Å²) in [4.78, 5) is 0. The molecule has 0 aliphatic carbocycles. The number of ether oxygens (including phenoxy) is 1. The number of rotatable bonds is 5. The number of methoxy groups -OCH3 is 1. The van der Waals surface area contributed by atoms with Crippen LogP contribution in [0.4, 0.5) is 8.78 Å². The minimum absolute atomic E-state index is 0.212. The molecule has 0 saturated heterocycles. The first kappa shape index (κ1) is 15.7. The molecule has 2 aromatic rings. The van der Waals surface area contributed by atoms with Crippen LogP contribution in [0.5, 0.6) is 5.75 Å². The molecule has 2 rings (SSSR count). The van der Waals surface area contributed by atoms with Crippen molar-refractivity contribution < 1.29 is 13.5 Å². The quantitative estimate of drug-likeness (QED) is 0.838. The van der Waals surface area contributed by atoms with Gasteiger partial charge in [0, 0.05) is 11.6 Å². The van der Waals surface area contributed by atoms with Gasteiger partial charge in [0.2, 0.25) is 0 Å². The van der Waals surface area contributed by atoms with Crippen LogP contribution in [0.3, 0.4) is 0 Å². The third-order valence-electron chi connectivity index (χ3n) is 3.36. The summed E-state index contributed by atoms with van der Waals surface area (Å²) in [5.74, 6) is -0.388. The number of halogens is 3. The fourth-order valence-electron chi connectivity index (χ4n) is 2.17. The molecule has 0 spiro atoms. The van der Waals surface area contributed by atoms with Crippen molar-refractivity contribution >= 4 is 11.6 Å². The van der Waals surface area contributed by atoms with E-state index < -0.39 is 11.6 Å². The van der Waals surface area contributed by atoms with Gasteiger partial charge in [-0.05, 0) is 43.3 Å². The second-order valence-electron chi connectivity index (χ2n) is 4.68. The van der Waals surface area contributed by atoms with Gasteiger partial charge in [0.1, 0.15) is 17.4 Å². The summed E-state index contributed by atoms with van der Waals surface area (Å²) in [7, 11) is 3.30. The Morgan fingerprint density at radius 3 is 2.38 bits per heavy atom. The zero-order valence-electron chi connectivity index (χ0n) is 11.8. The van der Waals surface area contributed by atoms with E-state index in [1.165, 1.54) is 0 Å². The average molecular weight is 312 g/mol. The molecule has 0 aliphatic heterocycles. The lowest BCUT2D eigenvalue weighted by Gasteiger charge is -2.18. The van der Waals surface area contributed by atoms with Crippen LogP contribution in [0.2, 0.25) is 5.02 Å². The van der Waals surface area contributed by atoms with E-state index in [1.807, 2.05) is 24.3 Å². The van der Waals surface area contributed by atoms with Gasteiger partial charge in [0.15, 0.2) is 0 Å². The predicted octanol–water partition coefficient (Wildman–Crippen LogP) is 4.13. The fraction of sp³-hybridized carbons (Fsp3) is 0.250. The minimum atomic E-state index is -0.622. The zero-order chi connectivity index (χ0) is 15.4. The summed E-state index contributed by atoms with van der Waals surface area (Å²) in [6.45, 7) is 0. The summed E-state index contributed by atoms with van der Waals surface area (Å²) < 4.78 is 32.6. The van der Waals surface area contributed by atoms with Gasteiger partial charge in [-0.25, -0.2) is 8.78 Å². The molecule has 0 bridgehead atoms. The van der Waals surface area contributed by atoms with E-state index >= 15 is 0 Å². The largest absolute Gasteiger partial charge is 0.497 e. The first-order valence-corrected chi connectivity index (χ1v) is 6.87. The van der Waals surface area contributed by atoms with Crippen LogP contribution in [-0.4, -0.2) is 14.2 Å². The van der Waals surface area contributed by atoms with E-state index in [4.69, 9.17) is 16.3 Å². The third-order valence-corrected chi connectivity index (χ3v) is 3.65. The van der Waals surface area contributed by atoms with E-state index in [9.17, 15) is 8.78 Å². The molecule has 0 aromatic heterocycles. The summed E-state index contributed by atoms with van der Waals surface area (Å²) in [6.07, 6.45) is 0.526. The number of nitrogens with one attached hydrogen (secondary N) is 1. The molecule has 21 heavy (non-hydrogen) atoms. The van der Waals surface area contributed by atoms with Crippen LogP contribution < -0.4 is 10.1 Å². The highest BCUT2D eigenvalue weighted by Crippen LogP contribution is 2.26. The minimum Gasteiger partial charge on any atom is -0.497 e. The van der Waals surface area contributed by atoms with Gasteiger partial charge in [-0.15, -0.1) is 0 Å². The molecule has 0 fully saturated rings. The van der Waals surface area contributed by atoms with Crippen molar-refractivity contribution in [2.45, 2.75) is 12.5 Å². The molecular weight excluding hydrogens is 296 g/mol. The van der Waals surface area contributed by atoms with Gasteiger partial charge >= 0.3 is 0 Å². The van der Waals surface area contributed by atoms with Crippen molar-refractivity contribution in [1.82, 2.24) is 5.32 Å². The molecule has 5 heteroatoms. The second-order valence-corrected chi connectivity index (χ2v) is 5.09. The molecule has 2 aromatic carbocycles. The molecule has 0 heterocycles. The van der Waals surface area contributed by atoms with Gasteiger partial charge < -0.3 is 10.1 Å². The highest BCUT2D eigenvalue weighted by molar-refractivity contribution is 6.30. The van der Waals surface area contributed by atoms with Gasteiger partial charge in [0.25, 0.3) is 0 Å². The molecule has 1 unspecified atom stereocenters. The molecule has 1 atom stereocenters. The van der Waals surface area contributed by atoms with E-state index in [0.29, 0.717) is 6.42 Å². The molecule has 2 nitrogen and oxygen atoms in total. The van der Waals surface area contributed by atoms with Crippen LogP contribution in [0, 0.1) is 11.6 Å². The van der Waals surface area contributed by atoms with Crippen molar-refractivity contribution in [3.8, 4) is 5.75 Å². The number of likely N-dealkylation sites (N-methyl/N-ethyl adjacent to an activating group) is 1. The maximum Gasteiger partial charge on any atom is 0.142 e. The van der Waals surface area contributed by atoms with E-state index in [0.717, 1.165) is 23.4 Å². The normalized spacial score (nSPS) is 12.2. The van der Waals surface area contributed by atoms with Crippen LogP contribution in [0.1, 0.15) is 17.2 Å². The van der Waals surface area contributed by atoms with Crippen molar-refractivity contribution in [3.05, 3.63) is 64.2 Å². The molecule has 0 amide bonds. The second kappa shape index (κ2) is 6.87. The predicted molar refractivity (Wildman–Crippen MR) is 79.9 cm³/mol. The first-order valence-electron chi connectivity index (χ1n) is 6.49. The number of benzene rings is 2. The SMILES string of the molecule is CNC(Cc1ccc(OC)cc1)c1cc(F)c(Cl)cc1F. The Morgan fingerprint density at radius 1 is 1.14 bits per heavy atom. The zero-order valence-corrected chi connectivity index (χ0v) is 12.5. The average Bonchev–Trinajstić information content (AvgIpc) is 2.49. The van der Waals surface area contributed by atoms with Crippen molar-refractivity contribution in [2.24, 2.45) is 0 Å². The van der Waals surface area contributed by atoms with Gasteiger partial charge in [-0.1, -0.05) is 23.7 Å². The summed E-state index contributed by atoms with van der Waals surface area (Å²) in [5.41, 5.74) is 1.25. The Kier molecular flexibility index (Phi) is 5.15. The summed E-state index contributed by atoms with van der Waals surface area (Å²) >= 11 is 5.58. The maximum absolute atomic E-state index is 14.0. The molecule has 0 aliphatic rings. The van der Waals surface area contributed by atoms with Crippen molar-refractivity contribution in [2.75, 3.05) is 14.2 Å². The first-order chi connectivity index (χ1) is 10.0. The smallest absolute Gasteiger partial charge is 0.142 e. The number of hydrogen-bond acceptors (Lipinski definition) is 2. The highest BCUT2D eigenvalue weighted by atomic mass is 35.5. The Balaban J connectivity index is 2.25. The third kappa shape index (κ3) is 3.71. The van der Waals surface area contributed by atoms with E-state index in [-0.39, 0.29) is 16.6 Å². The van der Waals surface area contributed by atoms with Gasteiger partial charge in [-0.2, -0.15) is 0 Å². The van der Waals surface area contributed by atoms with E-state index in [1.54, 1.807) is 14.2 Å². The summed E-state index contributed by atoms with van der Waals surface area (Å²) in [5, 5.41) is 2.79. The molecule has 112 valence electrons. The highest BCUT2D eigenvalue weighted by Gasteiger charge is 2.17. The fourth-order valence-corrected chi connectivity index (χ4v) is 2.32. The van der Waals surface area contributed by atoms with Crippen LogP contribution in [-0.2, 0) is 6.42 Å². The van der Waals surface area contributed by atoms with E-state index in [2.05, 4.69) is 5.32 Å². The molecule has 1 N–H and O–H groups in total. The van der Waals surface area contributed by atoms with Gasteiger partial charge in [0.05, 0.1) is 12.1 Å². The molecule has 0 saturated carbocycles. The Hall–Kier alpha value is -1.65. The van der Waals surface area contributed by atoms with Crippen molar-refractivity contribution in [3.63, 3.8) is 0 Å². The Morgan fingerprint density at radius 2 is 1.81 bits per heavy atom. The number of hydrogen-bond donors (Lipinski definition) is 1. The lowest BCUT2D eigenvalue weighted by molar-refractivity contribution is 0.414. The monoisotopic (exact) mass is 311 g/mol. The van der Waals surface area contributed by atoms with Crippen molar-refractivity contribution in [1.29, 1.82) is 0 Å². The maximum atomic E-state index is 14.0. The summed E-state index contributed by atoms with van der Waals surface area (Å²) in [6, 6.07) is 9.26. The standard InChI is InChI=1S/C16H16ClF2NO/c1-20-16(7-10-3-5-11(21-2)6-4-10)12-8-15(19)13(17)9-14(12)18/h3-6,8-9,16,20H,7H2,1-2H3. The van der Waals surface area contributed by atoms with Crippen LogP contribution >= 0.6 is 11.6 Å².